The van der Waals surface area contributed by atoms with Crippen LogP contribution in [0.3, 0.4) is 0 Å². The number of carbonyl (C=O) groups is 3. The first-order valence-corrected chi connectivity index (χ1v) is 10.3. The lowest BCUT2D eigenvalue weighted by molar-refractivity contribution is -0.944. The number of carboxylic acids is 2. The number of quaternary nitrogens is 1. The number of aliphatic carboxylic acids is 2. The number of esters is 1. The highest BCUT2D eigenvalue weighted by Gasteiger charge is 2.63. The normalized spacial score (nSPS) is 20.2. The maximum atomic E-state index is 12.6. The van der Waals surface area contributed by atoms with E-state index < -0.39 is 17.4 Å². The van der Waals surface area contributed by atoms with E-state index in [1.807, 2.05) is 25.1 Å². The van der Waals surface area contributed by atoms with Crippen molar-refractivity contribution < 1.29 is 34.2 Å². The Bertz CT molecular complexity index is 719. The van der Waals surface area contributed by atoms with Gasteiger partial charge in [-0.15, -0.1) is 0 Å². The maximum absolute atomic E-state index is 12.6. The zero-order valence-electron chi connectivity index (χ0n) is 18.4. The highest BCUT2D eigenvalue weighted by atomic mass is 16.5. The molecule has 0 radical (unpaired) electrons. The van der Waals surface area contributed by atoms with Crippen LogP contribution in [-0.2, 0) is 24.5 Å². The van der Waals surface area contributed by atoms with Gasteiger partial charge in [-0.25, -0.2) is 4.79 Å². The van der Waals surface area contributed by atoms with Crippen LogP contribution in [0.25, 0.3) is 0 Å². The fraction of sp³-hybridized carbons (Fsp3) is 0.522. The molecule has 0 saturated heterocycles. The van der Waals surface area contributed by atoms with Gasteiger partial charge in [0, 0.05) is 12.0 Å². The SMILES string of the molecule is CCOC(=O)[C@]1(c2ccccc2)C[C@@H]1C[NH+](C(C)C)C(C)C.O=C([O-])/C=C\C(=O)O. The largest absolute Gasteiger partial charge is 0.545 e. The lowest BCUT2D eigenvalue weighted by Gasteiger charge is -2.28. The molecule has 166 valence electrons. The van der Waals surface area contributed by atoms with Crippen molar-refractivity contribution in [3.8, 4) is 0 Å². The van der Waals surface area contributed by atoms with Crippen molar-refractivity contribution in [1.82, 2.24) is 0 Å². The first kappa shape index (κ1) is 25.4. The molecular formula is C23H33NO6. The fourth-order valence-corrected chi connectivity index (χ4v) is 3.85. The topological polar surface area (TPSA) is 108 Å². The predicted octanol–water partition coefficient (Wildman–Crippen LogP) is 0.586. The van der Waals surface area contributed by atoms with Gasteiger partial charge in [0.1, 0.15) is 5.41 Å². The first-order chi connectivity index (χ1) is 14.1. The zero-order valence-corrected chi connectivity index (χ0v) is 18.4. The van der Waals surface area contributed by atoms with E-state index in [0.717, 1.165) is 18.5 Å². The molecule has 2 atom stereocenters. The summed E-state index contributed by atoms with van der Waals surface area (Å²) >= 11 is 0. The van der Waals surface area contributed by atoms with Gasteiger partial charge in [0.2, 0.25) is 0 Å². The monoisotopic (exact) mass is 419 g/mol. The molecule has 1 aromatic rings. The van der Waals surface area contributed by atoms with Gasteiger partial charge in [-0.1, -0.05) is 30.3 Å². The lowest BCUT2D eigenvalue weighted by atomic mass is 9.93. The van der Waals surface area contributed by atoms with Crippen LogP contribution in [0.2, 0.25) is 0 Å². The van der Waals surface area contributed by atoms with Gasteiger partial charge in [0.15, 0.2) is 0 Å². The molecule has 1 aliphatic carbocycles. The summed E-state index contributed by atoms with van der Waals surface area (Å²) in [5.41, 5.74) is 0.706. The first-order valence-electron chi connectivity index (χ1n) is 10.3. The predicted molar refractivity (Wildman–Crippen MR) is 111 cm³/mol. The number of nitrogens with one attached hydrogen (secondary N) is 1. The van der Waals surface area contributed by atoms with Gasteiger partial charge in [-0.2, -0.15) is 0 Å². The number of benzene rings is 1. The molecule has 0 amide bonds. The second kappa shape index (κ2) is 11.5. The molecule has 0 aliphatic heterocycles. The Morgan fingerprint density at radius 1 is 1.17 bits per heavy atom. The lowest BCUT2D eigenvalue weighted by Crippen LogP contribution is -3.18. The van der Waals surface area contributed by atoms with Crippen molar-refractivity contribution in [2.45, 2.75) is 58.5 Å². The third-order valence-electron chi connectivity index (χ3n) is 5.36. The quantitative estimate of drug-likeness (QED) is 0.448. The summed E-state index contributed by atoms with van der Waals surface area (Å²) in [7, 11) is 0. The molecular weight excluding hydrogens is 386 g/mol. The third kappa shape index (κ3) is 6.99. The second-order valence-electron chi connectivity index (χ2n) is 8.04. The van der Waals surface area contributed by atoms with Crippen LogP contribution < -0.4 is 10.0 Å². The minimum atomic E-state index is -1.51. The van der Waals surface area contributed by atoms with E-state index in [9.17, 15) is 19.5 Å². The van der Waals surface area contributed by atoms with Gasteiger partial charge in [0.25, 0.3) is 0 Å². The summed E-state index contributed by atoms with van der Waals surface area (Å²) in [5, 5.41) is 17.2. The smallest absolute Gasteiger partial charge is 0.328 e. The van der Waals surface area contributed by atoms with E-state index in [4.69, 9.17) is 9.84 Å². The van der Waals surface area contributed by atoms with Crippen LogP contribution in [0.15, 0.2) is 42.5 Å². The number of rotatable bonds is 9. The van der Waals surface area contributed by atoms with Crippen LogP contribution in [0, 0.1) is 5.92 Å². The van der Waals surface area contributed by atoms with Crippen LogP contribution in [-0.4, -0.2) is 48.2 Å². The zero-order chi connectivity index (χ0) is 22.9. The van der Waals surface area contributed by atoms with Crippen LogP contribution >= 0.6 is 0 Å². The molecule has 0 aromatic heterocycles. The van der Waals surface area contributed by atoms with E-state index in [1.165, 1.54) is 0 Å². The number of hydrogen-bond donors (Lipinski definition) is 2. The molecule has 2 rings (SSSR count). The van der Waals surface area contributed by atoms with Crippen LogP contribution in [0.4, 0.5) is 0 Å². The Kier molecular flexibility index (Phi) is 9.72. The Morgan fingerprint density at radius 2 is 1.73 bits per heavy atom. The van der Waals surface area contributed by atoms with E-state index in [1.54, 1.807) is 4.90 Å². The van der Waals surface area contributed by atoms with Crippen molar-refractivity contribution >= 4 is 17.9 Å². The molecule has 7 nitrogen and oxygen atoms in total. The van der Waals surface area contributed by atoms with E-state index in [-0.39, 0.29) is 5.97 Å². The van der Waals surface area contributed by atoms with Crippen molar-refractivity contribution in [2.24, 2.45) is 5.92 Å². The molecule has 1 aromatic carbocycles. The number of carboxylic acid groups (broad SMARTS) is 2. The van der Waals surface area contributed by atoms with E-state index in [2.05, 4.69) is 39.8 Å². The molecule has 1 saturated carbocycles. The van der Waals surface area contributed by atoms with Crippen molar-refractivity contribution in [3.05, 3.63) is 48.0 Å². The molecule has 0 unspecified atom stereocenters. The molecule has 30 heavy (non-hydrogen) atoms. The van der Waals surface area contributed by atoms with Gasteiger partial charge in [-0.05, 0) is 52.7 Å². The summed E-state index contributed by atoms with van der Waals surface area (Å²) in [5.74, 6) is -2.46. The van der Waals surface area contributed by atoms with Crippen LogP contribution in [0.5, 0.6) is 0 Å². The highest BCUT2D eigenvalue weighted by Crippen LogP contribution is 2.54. The van der Waals surface area contributed by atoms with Crippen LogP contribution in [0.1, 0.15) is 46.6 Å². The molecule has 0 bridgehead atoms. The second-order valence-corrected chi connectivity index (χ2v) is 8.04. The summed E-state index contributed by atoms with van der Waals surface area (Å²) in [6, 6.07) is 11.3. The number of hydrogen-bond acceptors (Lipinski definition) is 5. The fourth-order valence-electron chi connectivity index (χ4n) is 3.85. The summed E-state index contributed by atoms with van der Waals surface area (Å²) in [6.07, 6.45) is 1.86. The standard InChI is InChI=1S/C19H29NO2.C4H4O4/c1-6-22-18(21)19(16-10-8-7-9-11-16)12-17(19)13-20(14(2)3)15(4)5;5-3(6)1-2-4(7)8/h7-11,14-15,17H,6,12-13H2,1-5H3;1-2H,(H,5,6)(H,7,8)/b;2-1-/t17-,19+;/m1./s1. The Labute approximate surface area is 178 Å². The molecule has 0 spiro atoms. The van der Waals surface area contributed by atoms with E-state index in [0.29, 0.717) is 36.8 Å². The summed E-state index contributed by atoms with van der Waals surface area (Å²) in [4.78, 5) is 33.2. The third-order valence-corrected chi connectivity index (χ3v) is 5.36. The van der Waals surface area contributed by atoms with Gasteiger partial charge >= 0.3 is 11.9 Å². The molecule has 1 fully saturated rings. The average Bonchev–Trinajstić information content (AvgIpc) is 3.41. The molecule has 7 heteroatoms. The summed E-state index contributed by atoms with van der Waals surface area (Å²) in [6.45, 7) is 12.4. The summed E-state index contributed by atoms with van der Waals surface area (Å²) < 4.78 is 5.41. The Hall–Kier alpha value is -2.67. The van der Waals surface area contributed by atoms with Crippen molar-refractivity contribution in [1.29, 1.82) is 0 Å². The number of ether oxygens (including phenoxy) is 1. The minimum absolute atomic E-state index is 0.0435. The molecule has 1 aliphatic rings. The van der Waals surface area contributed by atoms with Crippen molar-refractivity contribution in [3.63, 3.8) is 0 Å². The van der Waals surface area contributed by atoms with Crippen molar-refractivity contribution in [2.75, 3.05) is 13.2 Å². The van der Waals surface area contributed by atoms with Gasteiger partial charge in [-0.3, -0.25) is 4.79 Å². The van der Waals surface area contributed by atoms with Gasteiger partial charge < -0.3 is 24.6 Å². The maximum Gasteiger partial charge on any atom is 0.328 e. The molecule has 2 N–H and O–H groups in total. The average molecular weight is 420 g/mol. The highest BCUT2D eigenvalue weighted by molar-refractivity contribution is 5.88. The molecule has 0 heterocycles. The Morgan fingerprint density at radius 3 is 2.13 bits per heavy atom. The number of carbonyl (C=O) groups excluding carboxylic acids is 2. The van der Waals surface area contributed by atoms with Gasteiger partial charge in [0.05, 0.1) is 31.2 Å². The van der Waals surface area contributed by atoms with E-state index >= 15 is 0 Å². The minimum Gasteiger partial charge on any atom is -0.545 e. The Balaban J connectivity index is 0.000000479.